The second kappa shape index (κ2) is 9.99. The van der Waals surface area contributed by atoms with E-state index in [4.69, 9.17) is 0 Å². The minimum atomic E-state index is -4.41. The van der Waals surface area contributed by atoms with Crippen molar-refractivity contribution in [1.29, 1.82) is 0 Å². The molecule has 1 N–H and O–H groups in total. The fraction of sp³-hybridized carbons (Fsp3) is 0.409. The van der Waals surface area contributed by atoms with Crippen LogP contribution in [0, 0.1) is 0 Å². The van der Waals surface area contributed by atoms with E-state index in [-0.39, 0.29) is 18.4 Å². The Hall–Kier alpha value is -3.14. The van der Waals surface area contributed by atoms with Gasteiger partial charge in [0.25, 0.3) is 5.91 Å². The first kappa shape index (κ1) is 23.5. The number of carbonyl (C=O) groups excluding carboxylic acids is 2. The maximum absolute atomic E-state index is 12.7. The number of rotatable bonds is 5. The number of hydrogen-bond acceptors (Lipinski definition) is 5. The quantitative estimate of drug-likeness (QED) is 0.760. The standard InChI is InChI=1S/C22H26F3N5O2/c1-28(2)21(32)16-5-3-6-18(13-16)27-20(31)15-29-9-4-10-30(12-11-29)19-8-7-17(14-26-19)22(23,24)25/h3,5-8,13-14H,4,9-12,15H2,1-2H3,(H,27,31). The van der Waals surface area contributed by atoms with Crippen LogP contribution in [0.5, 0.6) is 0 Å². The van der Waals surface area contributed by atoms with Crippen LogP contribution in [0.2, 0.25) is 0 Å². The molecule has 2 aromatic rings. The minimum Gasteiger partial charge on any atom is -0.355 e. The Labute approximate surface area is 184 Å². The molecule has 1 aromatic heterocycles. The molecule has 2 heterocycles. The average molecular weight is 449 g/mol. The highest BCUT2D eigenvalue weighted by atomic mass is 19.4. The molecule has 1 aromatic carbocycles. The number of benzene rings is 1. The van der Waals surface area contributed by atoms with Crippen molar-refractivity contribution in [3.8, 4) is 0 Å². The van der Waals surface area contributed by atoms with Gasteiger partial charge in [-0.05, 0) is 36.8 Å². The molecule has 7 nitrogen and oxygen atoms in total. The number of alkyl halides is 3. The molecule has 10 heteroatoms. The molecule has 0 atom stereocenters. The predicted octanol–water partition coefficient (Wildman–Crippen LogP) is 2.95. The topological polar surface area (TPSA) is 68.8 Å². The summed E-state index contributed by atoms with van der Waals surface area (Å²) in [4.78, 5) is 34.0. The van der Waals surface area contributed by atoms with Crippen LogP contribution in [0.4, 0.5) is 24.7 Å². The lowest BCUT2D eigenvalue weighted by Crippen LogP contribution is -2.36. The molecule has 0 bridgehead atoms. The molecule has 1 aliphatic heterocycles. The number of anilines is 2. The van der Waals surface area contributed by atoms with Crippen LogP contribution in [-0.4, -0.2) is 73.4 Å². The summed E-state index contributed by atoms with van der Waals surface area (Å²) in [5, 5.41) is 2.82. The number of carbonyl (C=O) groups is 2. The molecule has 3 rings (SSSR count). The van der Waals surface area contributed by atoms with E-state index < -0.39 is 11.7 Å². The van der Waals surface area contributed by atoms with Gasteiger partial charge in [-0.15, -0.1) is 0 Å². The summed E-state index contributed by atoms with van der Waals surface area (Å²) in [5.74, 6) is 0.151. The maximum atomic E-state index is 12.7. The molecular weight excluding hydrogens is 423 g/mol. The van der Waals surface area contributed by atoms with Crippen molar-refractivity contribution < 1.29 is 22.8 Å². The van der Waals surface area contributed by atoms with Crippen LogP contribution in [0.1, 0.15) is 22.3 Å². The number of nitrogens with one attached hydrogen (secondary N) is 1. The van der Waals surface area contributed by atoms with Gasteiger partial charge in [-0.3, -0.25) is 14.5 Å². The molecule has 0 unspecified atom stereocenters. The Kier molecular flexibility index (Phi) is 7.34. The molecule has 172 valence electrons. The van der Waals surface area contributed by atoms with E-state index in [2.05, 4.69) is 10.3 Å². The van der Waals surface area contributed by atoms with Crippen molar-refractivity contribution in [2.24, 2.45) is 0 Å². The zero-order valence-electron chi connectivity index (χ0n) is 18.0. The van der Waals surface area contributed by atoms with Crippen LogP contribution in [0.3, 0.4) is 0 Å². The highest BCUT2D eigenvalue weighted by Gasteiger charge is 2.31. The van der Waals surface area contributed by atoms with Gasteiger partial charge in [0.2, 0.25) is 5.91 Å². The SMILES string of the molecule is CN(C)C(=O)c1cccc(NC(=O)CN2CCCN(c3ccc(C(F)(F)F)cn3)CC2)c1. The summed E-state index contributed by atoms with van der Waals surface area (Å²) < 4.78 is 38.2. The summed E-state index contributed by atoms with van der Waals surface area (Å²) >= 11 is 0. The fourth-order valence-electron chi connectivity index (χ4n) is 3.49. The zero-order chi connectivity index (χ0) is 23.3. The molecule has 1 saturated heterocycles. The number of amides is 2. The lowest BCUT2D eigenvalue weighted by molar-refractivity contribution is -0.137. The summed E-state index contributed by atoms with van der Waals surface area (Å²) in [6.45, 7) is 2.64. The first-order valence-corrected chi connectivity index (χ1v) is 10.3. The van der Waals surface area contributed by atoms with Gasteiger partial charge in [-0.2, -0.15) is 13.2 Å². The van der Waals surface area contributed by atoms with Crippen molar-refractivity contribution >= 4 is 23.3 Å². The second-order valence-corrected chi connectivity index (χ2v) is 7.85. The van der Waals surface area contributed by atoms with Crippen LogP contribution in [0.25, 0.3) is 0 Å². The number of halogens is 3. The second-order valence-electron chi connectivity index (χ2n) is 7.85. The first-order valence-electron chi connectivity index (χ1n) is 10.3. The van der Waals surface area contributed by atoms with Gasteiger partial charge in [-0.1, -0.05) is 6.07 Å². The van der Waals surface area contributed by atoms with E-state index in [1.807, 2.05) is 9.80 Å². The van der Waals surface area contributed by atoms with E-state index >= 15 is 0 Å². The molecule has 0 spiro atoms. The summed E-state index contributed by atoms with van der Waals surface area (Å²) in [6.07, 6.45) is -2.81. The van der Waals surface area contributed by atoms with Gasteiger partial charge in [0.05, 0.1) is 12.1 Å². The van der Waals surface area contributed by atoms with Crippen LogP contribution in [-0.2, 0) is 11.0 Å². The zero-order valence-corrected chi connectivity index (χ0v) is 18.0. The molecule has 0 saturated carbocycles. The molecule has 1 aliphatic rings. The van der Waals surface area contributed by atoms with Crippen molar-refractivity contribution in [3.05, 3.63) is 53.7 Å². The summed E-state index contributed by atoms with van der Waals surface area (Å²) in [6, 6.07) is 9.19. The summed E-state index contributed by atoms with van der Waals surface area (Å²) in [5.41, 5.74) is 0.265. The highest BCUT2D eigenvalue weighted by molar-refractivity contribution is 5.97. The molecule has 0 radical (unpaired) electrons. The third-order valence-electron chi connectivity index (χ3n) is 5.15. The van der Waals surface area contributed by atoms with Crippen LogP contribution in [0.15, 0.2) is 42.6 Å². The normalized spacial score (nSPS) is 15.2. The van der Waals surface area contributed by atoms with E-state index in [0.29, 0.717) is 43.2 Å². The number of hydrogen-bond donors (Lipinski definition) is 1. The van der Waals surface area contributed by atoms with Gasteiger partial charge in [0.15, 0.2) is 0 Å². The monoisotopic (exact) mass is 449 g/mol. The van der Waals surface area contributed by atoms with E-state index in [0.717, 1.165) is 18.7 Å². The highest BCUT2D eigenvalue weighted by Crippen LogP contribution is 2.29. The minimum absolute atomic E-state index is 0.148. The van der Waals surface area contributed by atoms with Crippen molar-refractivity contribution in [2.45, 2.75) is 12.6 Å². The van der Waals surface area contributed by atoms with Crippen LogP contribution < -0.4 is 10.2 Å². The Balaban J connectivity index is 1.54. The number of pyridine rings is 1. The van der Waals surface area contributed by atoms with E-state index in [1.54, 1.807) is 38.4 Å². The Morgan fingerprint density at radius 2 is 1.88 bits per heavy atom. The first-order chi connectivity index (χ1) is 15.1. The number of nitrogens with zero attached hydrogens (tertiary/aromatic N) is 4. The molecule has 32 heavy (non-hydrogen) atoms. The average Bonchev–Trinajstić information content (AvgIpc) is 2.98. The van der Waals surface area contributed by atoms with Gasteiger partial charge in [0.1, 0.15) is 5.82 Å². The predicted molar refractivity (Wildman–Crippen MR) is 116 cm³/mol. The molecular formula is C22H26F3N5O2. The molecule has 0 aliphatic carbocycles. The molecule has 1 fully saturated rings. The summed E-state index contributed by atoms with van der Waals surface area (Å²) in [7, 11) is 3.33. The lowest BCUT2D eigenvalue weighted by atomic mass is 10.2. The van der Waals surface area contributed by atoms with E-state index in [9.17, 15) is 22.8 Å². The smallest absolute Gasteiger partial charge is 0.355 e. The third kappa shape index (κ3) is 6.19. The number of aromatic nitrogens is 1. The fourth-order valence-corrected chi connectivity index (χ4v) is 3.49. The van der Waals surface area contributed by atoms with Gasteiger partial charge in [-0.25, -0.2) is 4.98 Å². The van der Waals surface area contributed by atoms with Crippen molar-refractivity contribution in [1.82, 2.24) is 14.8 Å². The van der Waals surface area contributed by atoms with Gasteiger partial charge in [0, 0.05) is 57.7 Å². The maximum Gasteiger partial charge on any atom is 0.417 e. The van der Waals surface area contributed by atoms with Crippen molar-refractivity contribution in [2.75, 3.05) is 57.0 Å². The largest absolute Gasteiger partial charge is 0.417 e. The van der Waals surface area contributed by atoms with Crippen molar-refractivity contribution in [3.63, 3.8) is 0 Å². The molecule has 2 amide bonds. The Bertz CT molecular complexity index is 947. The Morgan fingerprint density at radius 1 is 1.09 bits per heavy atom. The van der Waals surface area contributed by atoms with Crippen LogP contribution >= 0.6 is 0 Å². The Morgan fingerprint density at radius 3 is 2.53 bits per heavy atom. The van der Waals surface area contributed by atoms with E-state index in [1.165, 1.54) is 11.0 Å². The lowest BCUT2D eigenvalue weighted by Gasteiger charge is -2.23. The third-order valence-corrected chi connectivity index (χ3v) is 5.15. The van der Waals surface area contributed by atoms with Gasteiger partial charge < -0.3 is 15.1 Å². The van der Waals surface area contributed by atoms with Gasteiger partial charge >= 0.3 is 6.18 Å².